The number of benzene rings is 1. The van der Waals surface area contributed by atoms with Gasteiger partial charge in [-0.1, -0.05) is 0 Å². The van der Waals surface area contributed by atoms with E-state index >= 15 is 0 Å². The number of hydrogen-bond donors (Lipinski definition) is 2. The van der Waals surface area contributed by atoms with Gasteiger partial charge in [0, 0.05) is 38.3 Å². The summed E-state index contributed by atoms with van der Waals surface area (Å²) < 4.78 is 63.4. The average molecular weight is 503 g/mol. The highest BCUT2D eigenvalue weighted by atomic mass is 32.2. The third-order valence-electron chi connectivity index (χ3n) is 7.15. The fourth-order valence-electron chi connectivity index (χ4n) is 5.66. The SMILES string of the molecule is COc1cc2c(cc1OC)[C@@H]1C[C@@H]3[C@@H](CCCN3S(=O)(=O)CCCNS(N)(=O)=O)CN1CC2. The van der Waals surface area contributed by atoms with Crippen LogP contribution < -0.4 is 19.3 Å². The third kappa shape index (κ3) is 5.30. The van der Waals surface area contributed by atoms with Crippen molar-refractivity contribution in [3.05, 3.63) is 23.3 Å². The van der Waals surface area contributed by atoms with Crippen molar-refractivity contribution in [2.75, 3.05) is 46.2 Å². The number of ether oxygens (including phenoxy) is 2. The quantitative estimate of drug-likeness (QED) is 0.498. The van der Waals surface area contributed by atoms with Crippen molar-refractivity contribution in [3.63, 3.8) is 0 Å². The second kappa shape index (κ2) is 9.67. The van der Waals surface area contributed by atoms with Crippen LogP contribution in [0.5, 0.6) is 11.5 Å². The summed E-state index contributed by atoms with van der Waals surface area (Å²) in [5.41, 5.74) is 2.42. The van der Waals surface area contributed by atoms with Gasteiger partial charge in [0.2, 0.25) is 10.0 Å². The molecule has 0 spiro atoms. The molecule has 1 aromatic carbocycles. The molecule has 3 aliphatic heterocycles. The predicted molar refractivity (Wildman–Crippen MR) is 125 cm³/mol. The van der Waals surface area contributed by atoms with Crippen LogP contribution >= 0.6 is 0 Å². The van der Waals surface area contributed by atoms with Crippen LogP contribution in [0.2, 0.25) is 0 Å². The Balaban J connectivity index is 1.54. The molecule has 3 atom stereocenters. The van der Waals surface area contributed by atoms with Crippen molar-refractivity contribution in [2.45, 2.75) is 44.2 Å². The van der Waals surface area contributed by atoms with Crippen LogP contribution in [-0.4, -0.2) is 78.2 Å². The number of rotatable bonds is 8. The monoisotopic (exact) mass is 502 g/mol. The zero-order valence-electron chi connectivity index (χ0n) is 19.2. The lowest BCUT2D eigenvalue weighted by molar-refractivity contribution is 0.0218. The van der Waals surface area contributed by atoms with Gasteiger partial charge in [0.25, 0.3) is 10.2 Å². The standard InChI is InChI=1S/C21H34N4O6S2/c1-30-20-11-15-6-9-24-14-16-5-3-8-25(32(26,27)10-4-7-23-33(22,28)29)18(16)13-19(24)17(15)12-21(20)31-2/h11-12,16,18-19,23H,3-10,13-14H2,1-2H3,(H2,22,28,29)/t16-,18+,19-/m0/s1. The molecule has 0 aromatic heterocycles. The molecule has 33 heavy (non-hydrogen) atoms. The number of methoxy groups -OCH3 is 2. The highest BCUT2D eigenvalue weighted by Gasteiger charge is 2.45. The third-order valence-corrected chi connectivity index (χ3v) is 9.73. The molecule has 4 rings (SSSR count). The van der Waals surface area contributed by atoms with Crippen LogP contribution in [0.25, 0.3) is 0 Å². The lowest BCUT2D eigenvalue weighted by atomic mass is 9.77. The van der Waals surface area contributed by atoms with Crippen LogP contribution in [0.1, 0.15) is 42.9 Å². The molecule has 0 bridgehead atoms. The summed E-state index contributed by atoms with van der Waals surface area (Å²) in [5.74, 6) is 1.60. The van der Waals surface area contributed by atoms with Crippen molar-refractivity contribution in [3.8, 4) is 11.5 Å². The molecular weight excluding hydrogens is 468 g/mol. The minimum atomic E-state index is -3.82. The van der Waals surface area contributed by atoms with E-state index in [4.69, 9.17) is 14.6 Å². The number of nitrogens with one attached hydrogen (secondary N) is 1. The number of hydrogen-bond acceptors (Lipinski definition) is 7. The zero-order valence-corrected chi connectivity index (χ0v) is 20.8. The first kappa shape index (κ1) is 24.7. The molecule has 3 N–H and O–H groups in total. The fraction of sp³-hybridized carbons (Fsp3) is 0.714. The summed E-state index contributed by atoms with van der Waals surface area (Å²) in [7, 11) is -4.08. The maximum absolute atomic E-state index is 13.2. The number of nitrogens with two attached hydrogens (primary N) is 1. The van der Waals surface area contributed by atoms with Gasteiger partial charge in [-0.25, -0.2) is 18.3 Å². The Morgan fingerprint density at radius 2 is 1.85 bits per heavy atom. The van der Waals surface area contributed by atoms with Gasteiger partial charge in [-0.3, -0.25) is 4.90 Å². The minimum Gasteiger partial charge on any atom is -0.493 e. The molecule has 1 aromatic rings. The van der Waals surface area contributed by atoms with E-state index < -0.39 is 20.2 Å². The average Bonchev–Trinajstić information content (AvgIpc) is 2.78. The van der Waals surface area contributed by atoms with Crippen molar-refractivity contribution in [1.29, 1.82) is 0 Å². The molecule has 2 saturated heterocycles. The molecule has 0 amide bonds. The first-order valence-corrected chi connectivity index (χ1v) is 14.5. The van der Waals surface area contributed by atoms with E-state index in [0.29, 0.717) is 24.0 Å². The fourth-order valence-corrected chi connectivity index (χ4v) is 7.91. The first-order chi connectivity index (χ1) is 15.6. The van der Waals surface area contributed by atoms with Crippen molar-refractivity contribution in [2.24, 2.45) is 11.1 Å². The molecule has 3 aliphatic rings. The van der Waals surface area contributed by atoms with Gasteiger partial charge < -0.3 is 9.47 Å². The molecule has 0 saturated carbocycles. The van der Waals surface area contributed by atoms with Gasteiger partial charge in [0.05, 0.1) is 20.0 Å². The second-order valence-electron chi connectivity index (χ2n) is 9.09. The lowest BCUT2D eigenvalue weighted by Crippen LogP contribution is -2.57. The van der Waals surface area contributed by atoms with Gasteiger partial charge in [-0.15, -0.1) is 0 Å². The van der Waals surface area contributed by atoms with E-state index in [-0.39, 0.29) is 30.8 Å². The van der Waals surface area contributed by atoms with Crippen LogP contribution in [0.15, 0.2) is 12.1 Å². The normalized spacial score (nSPS) is 26.2. The maximum Gasteiger partial charge on any atom is 0.274 e. The Bertz CT molecular complexity index is 1080. The minimum absolute atomic E-state index is 0.00536. The summed E-state index contributed by atoms with van der Waals surface area (Å²) in [5, 5.41) is 4.94. The van der Waals surface area contributed by atoms with Crippen molar-refractivity contribution >= 4 is 20.2 Å². The van der Waals surface area contributed by atoms with E-state index in [0.717, 1.165) is 38.8 Å². The number of sulfonamides is 1. The van der Waals surface area contributed by atoms with E-state index in [2.05, 4.69) is 9.62 Å². The van der Waals surface area contributed by atoms with Crippen LogP contribution in [0.3, 0.4) is 0 Å². The highest BCUT2D eigenvalue weighted by Crippen LogP contribution is 2.46. The van der Waals surface area contributed by atoms with Crippen LogP contribution in [-0.2, 0) is 26.7 Å². The maximum atomic E-state index is 13.2. The second-order valence-corrected chi connectivity index (χ2v) is 12.5. The van der Waals surface area contributed by atoms with Gasteiger partial charge in [0.15, 0.2) is 11.5 Å². The Hall–Kier alpha value is -1.44. The largest absolute Gasteiger partial charge is 0.493 e. The van der Waals surface area contributed by atoms with Crippen LogP contribution in [0.4, 0.5) is 0 Å². The summed E-state index contributed by atoms with van der Waals surface area (Å²) in [6, 6.07) is 4.17. The van der Waals surface area contributed by atoms with E-state index in [1.807, 2.05) is 12.1 Å². The summed E-state index contributed by atoms with van der Waals surface area (Å²) in [4.78, 5) is 2.49. The van der Waals surface area contributed by atoms with Gasteiger partial charge in [0.1, 0.15) is 0 Å². The summed E-state index contributed by atoms with van der Waals surface area (Å²) in [6.45, 7) is 2.34. The molecule has 0 aliphatic carbocycles. The molecule has 2 fully saturated rings. The summed E-state index contributed by atoms with van der Waals surface area (Å²) in [6.07, 6.45) is 3.72. The lowest BCUT2D eigenvalue weighted by Gasteiger charge is -2.51. The van der Waals surface area contributed by atoms with Crippen molar-refractivity contribution < 1.29 is 26.3 Å². The number of fused-ring (bicyclic) bond motifs is 4. The number of piperidine rings is 2. The topological polar surface area (TPSA) is 131 Å². The van der Waals surface area contributed by atoms with Crippen LogP contribution in [0, 0.1) is 5.92 Å². The molecule has 3 heterocycles. The molecule has 0 unspecified atom stereocenters. The van der Waals surface area contributed by atoms with E-state index in [1.165, 1.54) is 11.1 Å². The molecule has 12 heteroatoms. The first-order valence-electron chi connectivity index (χ1n) is 11.4. The van der Waals surface area contributed by atoms with Gasteiger partial charge >= 0.3 is 0 Å². The van der Waals surface area contributed by atoms with E-state index in [9.17, 15) is 16.8 Å². The predicted octanol–water partition coefficient (Wildman–Crippen LogP) is 0.600. The molecule has 10 nitrogen and oxygen atoms in total. The molecule has 186 valence electrons. The summed E-state index contributed by atoms with van der Waals surface area (Å²) >= 11 is 0. The Kier molecular flexibility index (Phi) is 7.23. The molecular formula is C21H34N4O6S2. The van der Waals surface area contributed by atoms with Gasteiger partial charge in [-0.05, 0) is 61.3 Å². The number of nitrogens with zero attached hydrogens (tertiary/aromatic N) is 2. The smallest absolute Gasteiger partial charge is 0.274 e. The Morgan fingerprint density at radius 3 is 2.55 bits per heavy atom. The zero-order chi connectivity index (χ0) is 23.8. The Labute approximate surface area is 196 Å². The highest BCUT2D eigenvalue weighted by molar-refractivity contribution is 7.89. The van der Waals surface area contributed by atoms with Gasteiger partial charge in [-0.2, -0.15) is 12.7 Å². The Morgan fingerprint density at radius 1 is 1.12 bits per heavy atom. The van der Waals surface area contributed by atoms with E-state index in [1.54, 1.807) is 18.5 Å². The van der Waals surface area contributed by atoms with Crippen molar-refractivity contribution in [1.82, 2.24) is 13.9 Å². The molecule has 0 radical (unpaired) electrons.